The van der Waals surface area contributed by atoms with Gasteiger partial charge in [0.15, 0.2) is 0 Å². The summed E-state index contributed by atoms with van der Waals surface area (Å²) in [5.74, 6) is -0.326. The molecular weight excluding hydrogens is 195 g/mol. The fourth-order valence-electron chi connectivity index (χ4n) is 1.83. The average molecular weight is 206 g/mol. The van der Waals surface area contributed by atoms with E-state index in [1.165, 1.54) is 12.1 Å². The molecule has 1 saturated heterocycles. The summed E-state index contributed by atoms with van der Waals surface area (Å²) in [5, 5.41) is 0. The number of hydrogen-bond donors (Lipinski definition) is 0. The van der Waals surface area contributed by atoms with Crippen molar-refractivity contribution >= 4 is 17.5 Å². The number of nitrogens with zero attached hydrogens (tertiary/aromatic N) is 2. The largest absolute Gasteiger partial charge is 0.369 e. The van der Waals surface area contributed by atoms with Crippen LogP contribution >= 0.6 is 0 Å². The van der Waals surface area contributed by atoms with Crippen LogP contribution in [0.5, 0.6) is 0 Å². The molecule has 1 aromatic rings. The van der Waals surface area contributed by atoms with Crippen molar-refractivity contribution in [2.45, 2.75) is 12.8 Å². The fraction of sp³-hybridized carbons (Fsp3) is 0.364. The van der Waals surface area contributed by atoms with Gasteiger partial charge in [0.2, 0.25) is 6.08 Å². The maximum absolute atomic E-state index is 13.6. The second kappa shape index (κ2) is 4.24. The van der Waals surface area contributed by atoms with Gasteiger partial charge < -0.3 is 4.90 Å². The number of hydrogen-bond acceptors (Lipinski definition) is 3. The van der Waals surface area contributed by atoms with Crippen LogP contribution in [0.25, 0.3) is 0 Å². The van der Waals surface area contributed by atoms with Crippen LogP contribution in [0.2, 0.25) is 0 Å². The van der Waals surface area contributed by atoms with Crippen molar-refractivity contribution in [3.63, 3.8) is 0 Å². The lowest BCUT2D eigenvalue weighted by molar-refractivity contribution is 0.565. The summed E-state index contributed by atoms with van der Waals surface area (Å²) < 4.78 is 13.6. The number of aliphatic imine (C=N–C) groups is 1. The number of carbonyl (C=O) groups excluding carboxylic acids is 1. The second-order valence-corrected chi connectivity index (χ2v) is 3.53. The van der Waals surface area contributed by atoms with E-state index in [1.54, 1.807) is 12.1 Å². The molecule has 1 heterocycles. The summed E-state index contributed by atoms with van der Waals surface area (Å²) in [6.07, 6.45) is 3.60. The van der Waals surface area contributed by atoms with E-state index in [0.717, 1.165) is 25.9 Å². The van der Waals surface area contributed by atoms with Gasteiger partial charge in [0.05, 0.1) is 11.4 Å². The second-order valence-electron chi connectivity index (χ2n) is 3.53. The molecule has 78 valence electrons. The van der Waals surface area contributed by atoms with E-state index < -0.39 is 0 Å². The molecule has 4 heteroatoms. The van der Waals surface area contributed by atoms with Crippen LogP contribution in [0.4, 0.5) is 15.8 Å². The number of benzene rings is 1. The van der Waals surface area contributed by atoms with Crippen LogP contribution in [0, 0.1) is 5.82 Å². The highest BCUT2D eigenvalue weighted by Gasteiger charge is 2.15. The van der Waals surface area contributed by atoms with E-state index in [2.05, 4.69) is 4.99 Å². The molecular formula is C11H11FN2O. The molecule has 0 spiro atoms. The van der Waals surface area contributed by atoms with E-state index in [4.69, 9.17) is 0 Å². The molecule has 0 amide bonds. The van der Waals surface area contributed by atoms with Crippen LogP contribution in [0.1, 0.15) is 12.8 Å². The minimum Gasteiger partial charge on any atom is -0.369 e. The molecule has 0 unspecified atom stereocenters. The van der Waals surface area contributed by atoms with Gasteiger partial charge in [0.1, 0.15) is 5.82 Å². The number of halogens is 1. The Hall–Kier alpha value is -1.67. The normalized spacial score (nSPS) is 15.1. The van der Waals surface area contributed by atoms with Gasteiger partial charge in [0, 0.05) is 19.2 Å². The van der Waals surface area contributed by atoms with Gasteiger partial charge >= 0.3 is 0 Å². The van der Waals surface area contributed by atoms with Gasteiger partial charge in [-0.1, -0.05) is 0 Å². The Kier molecular flexibility index (Phi) is 2.79. The van der Waals surface area contributed by atoms with E-state index in [1.807, 2.05) is 4.90 Å². The van der Waals surface area contributed by atoms with E-state index in [0.29, 0.717) is 11.4 Å². The Bertz CT molecular complexity index is 407. The van der Waals surface area contributed by atoms with Crippen LogP contribution in [-0.4, -0.2) is 19.2 Å². The van der Waals surface area contributed by atoms with Gasteiger partial charge in [-0.2, -0.15) is 4.99 Å². The molecule has 0 saturated carbocycles. The predicted octanol–water partition coefficient (Wildman–Crippen LogP) is 2.39. The number of isocyanates is 1. The SMILES string of the molecule is O=C=Nc1ccc(N2CCCC2)c(F)c1. The summed E-state index contributed by atoms with van der Waals surface area (Å²) in [4.78, 5) is 15.4. The molecule has 1 aliphatic heterocycles. The first kappa shape index (κ1) is 9.87. The monoisotopic (exact) mass is 206 g/mol. The van der Waals surface area contributed by atoms with Gasteiger partial charge in [-0.05, 0) is 25.0 Å². The van der Waals surface area contributed by atoms with Gasteiger partial charge in [-0.15, -0.1) is 0 Å². The van der Waals surface area contributed by atoms with Crippen molar-refractivity contribution in [2.75, 3.05) is 18.0 Å². The van der Waals surface area contributed by atoms with Crippen molar-refractivity contribution in [1.82, 2.24) is 0 Å². The molecule has 0 aliphatic carbocycles. The lowest BCUT2D eigenvalue weighted by Gasteiger charge is -2.18. The highest BCUT2D eigenvalue weighted by molar-refractivity contribution is 5.57. The highest BCUT2D eigenvalue weighted by Crippen LogP contribution is 2.26. The Balaban J connectivity index is 2.29. The van der Waals surface area contributed by atoms with E-state index >= 15 is 0 Å². The smallest absolute Gasteiger partial charge is 0.240 e. The first-order chi connectivity index (χ1) is 7.31. The van der Waals surface area contributed by atoms with Crippen LogP contribution in [0.15, 0.2) is 23.2 Å². The summed E-state index contributed by atoms with van der Waals surface area (Å²) in [6, 6.07) is 4.55. The Labute approximate surface area is 87.2 Å². The summed E-state index contributed by atoms with van der Waals surface area (Å²) >= 11 is 0. The van der Waals surface area contributed by atoms with Gasteiger partial charge in [-0.3, -0.25) is 0 Å². The van der Waals surface area contributed by atoms with Gasteiger partial charge in [-0.25, -0.2) is 9.18 Å². The van der Waals surface area contributed by atoms with Crippen molar-refractivity contribution in [3.8, 4) is 0 Å². The standard InChI is InChI=1S/C11H11FN2O/c12-10-7-9(13-8-15)3-4-11(10)14-5-1-2-6-14/h3-4,7H,1-2,5-6H2. The molecule has 1 fully saturated rings. The lowest BCUT2D eigenvalue weighted by atomic mass is 10.2. The van der Waals surface area contributed by atoms with E-state index in [9.17, 15) is 9.18 Å². The molecule has 15 heavy (non-hydrogen) atoms. The Morgan fingerprint density at radius 2 is 2.07 bits per heavy atom. The van der Waals surface area contributed by atoms with Crippen molar-refractivity contribution in [2.24, 2.45) is 4.99 Å². The van der Waals surface area contributed by atoms with Crippen LogP contribution in [0.3, 0.4) is 0 Å². The third-order valence-corrected chi connectivity index (χ3v) is 2.55. The zero-order valence-corrected chi connectivity index (χ0v) is 8.24. The molecule has 1 aliphatic rings. The average Bonchev–Trinajstić information content (AvgIpc) is 2.71. The first-order valence-corrected chi connectivity index (χ1v) is 4.93. The third kappa shape index (κ3) is 2.05. The first-order valence-electron chi connectivity index (χ1n) is 4.93. The molecule has 2 rings (SSSR count). The summed E-state index contributed by atoms with van der Waals surface area (Å²) in [7, 11) is 0. The van der Waals surface area contributed by atoms with Crippen LogP contribution in [-0.2, 0) is 4.79 Å². The van der Waals surface area contributed by atoms with Gasteiger partial charge in [0.25, 0.3) is 0 Å². The topological polar surface area (TPSA) is 32.7 Å². The highest BCUT2D eigenvalue weighted by atomic mass is 19.1. The van der Waals surface area contributed by atoms with E-state index in [-0.39, 0.29) is 5.82 Å². The Morgan fingerprint density at radius 1 is 1.33 bits per heavy atom. The zero-order valence-electron chi connectivity index (χ0n) is 8.24. The predicted molar refractivity (Wildman–Crippen MR) is 55.6 cm³/mol. The maximum atomic E-state index is 13.6. The lowest BCUT2D eigenvalue weighted by Crippen LogP contribution is -2.18. The molecule has 1 aromatic carbocycles. The maximum Gasteiger partial charge on any atom is 0.240 e. The molecule has 0 bridgehead atoms. The van der Waals surface area contributed by atoms with Crippen LogP contribution < -0.4 is 4.90 Å². The number of anilines is 1. The molecule has 0 N–H and O–H groups in total. The number of rotatable bonds is 2. The third-order valence-electron chi connectivity index (χ3n) is 2.55. The fourth-order valence-corrected chi connectivity index (χ4v) is 1.83. The molecule has 0 radical (unpaired) electrons. The Morgan fingerprint density at radius 3 is 2.67 bits per heavy atom. The summed E-state index contributed by atoms with van der Waals surface area (Å²) in [5.41, 5.74) is 0.905. The van der Waals surface area contributed by atoms with Crippen molar-refractivity contribution in [1.29, 1.82) is 0 Å². The molecule has 3 nitrogen and oxygen atoms in total. The van der Waals surface area contributed by atoms with Crippen molar-refractivity contribution < 1.29 is 9.18 Å². The molecule has 0 atom stereocenters. The molecule has 0 aromatic heterocycles. The zero-order chi connectivity index (χ0) is 10.7. The van der Waals surface area contributed by atoms with Crippen molar-refractivity contribution in [3.05, 3.63) is 24.0 Å². The minimum atomic E-state index is -0.326. The quantitative estimate of drug-likeness (QED) is 0.549. The minimum absolute atomic E-state index is 0.311. The summed E-state index contributed by atoms with van der Waals surface area (Å²) in [6.45, 7) is 1.79.